The topological polar surface area (TPSA) is 0 Å². The van der Waals surface area contributed by atoms with E-state index in [1.807, 2.05) is 0 Å². The minimum absolute atomic E-state index is 0.135. The first-order valence-electron chi connectivity index (χ1n) is 7.08. The van der Waals surface area contributed by atoms with Gasteiger partial charge in [0.25, 0.3) is 0 Å². The van der Waals surface area contributed by atoms with Gasteiger partial charge in [0, 0.05) is 10.9 Å². The van der Waals surface area contributed by atoms with Gasteiger partial charge in [-0.1, -0.05) is 19.7 Å². The van der Waals surface area contributed by atoms with Crippen LogP contribution in [0.5, 0.6) is 0 Å². The molecule has 0 radical (unpaired) electrons. The molecular weight excluding hydrogens is 381 g/mol. The maximum Gasteiger partial charge on any atom is 0.225 e. The minimum Gasteiger partial charge on any atom is -0.204 e. The predicted octanol–water partition coefficient (Wildman–Crippen LogP) is 4.10. The molecule has 0 heterocycles. The van der Waals surface area contributed by atoms with E-state index in [1.54, 1.807) is 0 Å². The van der Waals surface area contributed by atoms with Crippen molar-refractivity contribution in [3.05, 3.63) is 58.2 Å². The van der Waals surface area contributed by atoms with Crippen LogP contribution in [0.4, 0.5) is 43.9 Å². The van der Waals surface area contributed by atoms with E-state index in [-0.39, 0.29) is 6.42 Å². The van der Waals surface area contributed by atoms with Gasteiger partial charge >= 0.3 is 0 Å². The molecule has 0 unspecified atom stereocenters. The predicted molar refractivity (Wildman–Crippen MR) is 72.6 cm³/mol. The zero-order chi connectivity index (χ0) is 19.9. The van der Waals surface area contributed by atoms with Crippen molar-refractivity contribution in [1.82, 2.24) is 0 Å². The largest absolute Gasteiger partial charge is 0.225 e. The van der Waals surface area contributed by atoms with Gasteiger partial charge in [0.05, 0.1) is 0 Å². The van der Waals surface area contributed by atoms with Crippen LogP contribution in [-0.2, 0) is 0 Å². The molecule has 0 nitrogen and oxygen atoms in total. The third kappa shape index (κ3) is 2.92. The van der Waals surface area contributed by atoms with Crippen molar-refractivity contribution in [2.24, 2.45) is 0 Å². The van der Waals surface area contributed by atoms with E-state index in [4.69, 9.17) is 0 Å². The molecule has 0 fully saturated rings. The third-order valence-corrected chi connectivity index (χ3v) is 3.76. The molecule has 2 aromatic carbocycles. The molecule has 0 aliphatic heterocycles. The van der Waals surface area contributed by atoms with Crippen molar-refractivity contribution in [2.75, 3.05) is 0 Å². The molecule has 140 valence electrons. The Bertz CT molecular complexity index is 752. The van der Waals surface area contributed by atoms with Crippen molar-refractivity contribution in [3.8, 4) is 0 Å². The Morgan fingerprint density at radius 2 is 0.692 bits per heavy atom. The quantitative estimate of drug-likeness (QED) is 0.320. The first-order valence-corrected chi connectivity index (χ1v) is 7.08. The second-order valence-corrected chi connectivity index (χ2v) is 5.31. The summed E-state index contributed by atoms with van der Waals surface area (Å²) in [6, 6.07) is 0. The molecule has 0 bridgehead atoms. The van der Waals surface area contributed by atoms with Crippen LogP contribution in [0.2, 0.25) is 6.32 Å². The van der Waals surface area contributed by atoms with E-state index in [0.29, 0.717) is 0 Å². The highest BCUT2D eigenvalue weighted by Gasteiger charge is 2.38. The Morgan fingerprint density at radius 3 is 0.923 bits per heavy atom. The van der Waals surface area contributed by atoms with Crippen molar-refractivity contribution in [1.29, 1.82) is 0 Å². The maximum atomic E-state index is 14.0. The Balaban J connectivity index is 2.91. The van der Waals surface area contributed by atoms with Crippen LogP contribution in [0.3, 0.4) is 0 Å². The first kappa shape index (κ1) is 20.1. The molecule has 0 spiro atoms. The van der Waals surface area contributed by atoms with E-state index < -0.39 is 82.1 Å². The molecule has 2 aromatic rings. The molecule has 2 rings (SSSR count). The van der Waals surface area contributed by atoms with Crippen molar-refractivity contribution in [2.45, 2.75) is 19.7 Å². The fourth-order valence-electron chi connectivity index (χ4n) is 2.58. The fourth-order valence-corrected chi connectivity index (χ4v) is 2.58. The molecule has 0 aliphatic carbocycles. The lowest BCUT2D eigenvalue weighted by Crippen LogP contribution is -2.50. The summed E-state index contributed by atoms with van der Waals surface area (Å²) in [6.45, 7) is -0.986. The van der Waals surface area contributed by atoms with Gasteiger partial charge in [-0.05, 0) is 0 Å². The zero-order valence-corrected chi connectivity index (χ0v) is 12.8. The summed E-state index contributed by atoms with van der Waals surface area (Å²) >= 11 is 0. The molecule has 0 aliphatic rings. The van der Waals surface area contributed by atoms with Crippen molar-refractivity contribution in [3.63, 3.8) is 0 Å². The molecular formula is C15H7BF10. The summed E-state index contributed by atoms with van der Waals surface area (Å²) < 4.78 is 136. The van der Waals surface area contributed by atoms with Crippen LogP contribution in [0.1, 0.15) is 13.3 Å². The van der Waals surface area contributed by atoms with E-state index in [2.05, 4.69) is 0 Å². The highest BCUT2D eigenvalue weighted by Crippen LogP contribution is 2.21. The SMILES string of the molecule is CCCB(c1c(F)c(F)c(F)c(F)c1F)c1c(F)c(F)c(F)c(F)c1F. The summed E-state index contributed by atoms with van der Waals surface area (Å²) in [7, 11) is 0. The number of rotatable bonds is 4. The Kier molecular flexibility index (Phi) is 5.57. The lowest BCUT2D eigenvalue weighted by molar-refractivity contribution is 0.382. The lowest BCUT2D eigenvalue weighted by Gasteiger charge is -2.19. The smallest absolute Gasteiger partial charge is 0.204 e. The number of benzene rings is 2. The van der Waals surface area contributed by atoms with Crippen LogP contribution in [0.15, 0.2) is 0 Å². The molecule has 11 heteroatoms. The van der Waals surface area contributed by atoms with Crippen molar-refractivity contribution < 1.29 is 43.9 Å². The maximum absolute atomic E-state index is 14.0. The summed E-state index contributed by atoms with van der Waals surface area (Å²) in [4.78, 5) is 0. The van der Waals surface area contributed by atoms with Crippen molar-refractivity contribution >= 4 is 17.6 Å². The molecule has 0 atom stereocenters. The van der Waals surface area contributed by atoms with Gasteiger partial charge in [0.1, 0.15) is 0 Å². The second-order valence-electron chi connectivity index (χ2n) is 5.31. The summed E-state index contributed by atoms with van der Waals surface area (Å²) in [5.74, 6) is -24.3. The van der Waals surface area contributed by atoms with Crippen LogP contribution in [0.25, 0.3) is 0 Å². The Morgan fingerprint density at radius 1 is 0.462 bits per heavy atom. The van der Waals surface area contributed by atoms with E-state index in [1.165, 1.54) is 6.92 Å². The summed E-state index contributed by atoms with van der Waals surface area (Å²) in [5, 5.41) is 0. The van der Waals surface area contributed by atoms with Gasteiger partial charge in [0.2, 0.25) is 6.71 Å². The van der Waals surface area contributed by atoms with Crippen LogP contribution >= 0.6 is 0 Å². The fraction of sp³-hybridized carbons (Fsp3) is 0.200. The lowest BCUT2D eigenvalue weighted by atomic mass is 9.37. The van der Waals surface area contributed by atoms with Crippen LogP contribution < -0.4 is 10.9 Å². The molecule has 0 amide bonds. The zero-order valence-electron chi connectivity index (χ0n) is 12.8. The average Bonchev–Trinajstić information content (AvgIpc) is 2.61. The average molecular weight is 388 g/mol. The van der Waals surface area contributed by atoms with Crippen LogP contribution in [-0.4, -0.2) is 6.71 Å². The minimum atomic E-state index is -2.52. The molecule has 26 heavy (non-hydrogen) atoms. The second kappa shape index (κ2) is 7.20. The molecule has 0 N–H and O–H groups in total. The van der Waals surface area contributed by atoms with Gasteiger partial charge in [-0.2, -0.15) is 0 Å². The summed E-state index contributed by atoms with van der Waals surface area (Å²) in [5.41, 5.74) is -3.35. The van der Waals surface area contributed by atoms with E-state index >= 15 is 0 Å². The molecule has 0 saturated carbocycles. The van der Waals surface area contributed by atoms with Gasteiger partial charge in [-0.3, -0.25) is 0 Å². The standard InChI is InChI=1S/C15H7BF10/c1-2-3-16(4-6(17)10(21)14(25)11(22)7(4)18)5-8(19)12(23)15(26)13(24)9(5)20/h2-3H2,1H3. The van der Waals surface area contributed by atoms with Gasteiger partial charge in [0.15, 0.2) is 58.2 Å². The van der Waals surface area contributed by atoms with E-state index in [0.717, 1.165) is 0 Å². The molecule has 0 aromatic heterocycles. The normalized spacial score (nSPS) is 11.2. The number of hydrogen-bond donors (Lipinski definition) is 0. The number of hydrogen-bond acceptors (Lipinski definition) is 0. The highest BCUT2D eigenvalue weighted by atomic mass is 19.2. The third-order valence-electron chi connectivity index (χ3n) is 3.76. The molecule has 0 saturated heterocycles. The van der Waals surface area contributed by atoms with Crippen LogP contribution in [0, 0.1) is 58.2 Å². The Labute approximate surface area is 140 Å². The monoisotopic (exact) mass is 388 g/mol. The van der Waals surface area contributed by atoms with Gasteiger partial charge < -0.3 is 0 Å². The Hall–Kier alpha value is -2.20. The van der Waals surface area contributed by atoms with Gasteiger partial charge in [-0.25, -0.2) is 43.9 Å². The number of halogens is 10. The van der Waals surface area contributed by atoms with Gasteiger partial charge in [-0.15, -0.1) is 0 Å². The highest BCUT2D eigenvalue weighted by molar-refractivity contribution is 6.85. The first-order chi connectivity index (χ1) is 12.1. The summed E-state index contributed by atoms with van der Waals surface area (Å²) in [6.07, 6.45) is -0.791. The van der Waals surface area contributed by atoms with E-state index in [9.17, 15) is 43.9 Å².